The Morgan fingerprint density at radius 3 is 2.38 bits per heavy atom. The van der Waals surface area contributed by atoms with Gasteiger partial charge < -0.3 is 14.9 Å². The van der Waals surface area contributed by atoms with Crippen molar-refractivity contribution in [3.05, 3.63) is 82.8 Å². The van der Waals surface area contributed by atoms with E-state index in [2.05, 4.69) is 4.98 Å². The highest BCUT2D eigenvalue weighted by molar-refractivity contribution is 5.78. The maximum Gasteiger partial charge on any atom is 0.381 e. The minimum atomic E-state index is -0.832. The summed E-state index contributed by atoms with van der Waals surface area (Å²) in [6.07, 6.45) is 2.50. The third kappa shape index (κ3) is 3.61. The Kier molecular flexibility index (Phi) is 5.07. The number of rotatable bonds is 6. The molecule has 2 aromatic carbocycles. The minimum Gasteiger partial charge on any atom is -0.464 e. The van der Waals surface area contributed by atoms with Crippen molar-refractivity contribution < 1.29 is 14.5 Å². The number of aromatic nitrogens is 2. The number of hydrogen-bond donors (Lipinski definition) is 0. The van der Waals surface area contributed by atoms with E-state index in [1.54, 1.807) is 6.92 Å². The molecule has 7 nitrogen and oxygen atoms in total. The molecule has 1 aromatic heterocycles. The second-order valence-electron chi connectivity index (χ2n) is 5.58. The number of hydrogen-bond acceptors (Lipinski definition) is 5. The van der Waals surface area contributed by atoms with Crippen LogP contribution in [0.15, 0.2) is 67.1 Å². The maximum absolute atomic E-state index is 12.4. The van der Waals surface area contributed by atoms with E-state index < -0.39 is 16.9 Å². The van der Waals surface area contributed by atoms with Gasteiger partial charge in [-0.3, -0.25) is 4.57 Å². The van der Waals surface area contributed by atoms with Gasteiger partial charge in [0.1, 0.15) is 6.20 Å². The van der Waals surface area contributed by atoms with Gasteiger partial charge in [-0.1, -0.05) is 54.6 Å². The van der Waals surface area contributed by atoms with Crippen molar-refractivity contribution in [3.63, 3.8) is 0 Å². The molecule has 0 saturated heterocycles. The molecule has 132 valence electrons. The highest BCUT2D eigenvalue weighted by atomic mass is 16.6. The lowest BCUT2D eigenvalue weighted by Gasteiger charge is -2.16. The molecule has 0 aliphatic rings. The molecule has 0 N–H and O–H groups in total. The number of carbonyl (C=O) groups excluding carboxylic acids is 1. The van der Waals surface area contributed by atoms with Crippen molar-refractivity contribution in [2.75, 3.05) is 6.61 Å². The van der Waals surface area contributed by atoms with Crippen LogP contribution < -0.4 is 0 Å². The first-order valence-electron chi connectivity index (χ1n) is 8.10. The van der Waals surface area contributed by atoms with Crippen molar-refractivity contribution in [2.24, 2.45) is 0 Å². The summed E-state index contributed by atoms with van der Waals surface area (Å²) in [4.78, 5) is 26.4. The van der Waals surface area contributed by atoms with E-state index in [1.165, 1.54) is 17.1 Å². The van der Waals surface area contributed by atoms with Gasteiger partial charge in [-0.2, -0.15) is 0 Å². The average Bonchev–Trinajstić information content (AvgIpc) is 3.13. The first-order valence-corrected chi connectivity index (χ1v) is 8.10. The predicted octanol–water partition coefficient (Wildman–Crippen LogP) is 3.61. The van der Waals surface area contributed by atoms with Crippen LogP contribution in [0.25, 0.3) is 11.1 Å². The van der Waals surface area contributed by atoms with E-state index in [9.17, 15) is 14.9 Å². The molecular weight excluding hydrogens is 334 g/mol. The molecule has 3 aromatic rings. The van der Waals surface area contributed by atoms with Crippen LogP contribution in [0, 0.1) is 10.1 Å². The second-order valence-corrected chi connectivity index (χ2v) is 5.58. The number of benzene rings is 2. The Morgan fingerprint density at radius 1 is 1.15 bits per heavy atom. The van der Waals surface area contributed by atoms with Gasteiger partial charge in [-0.15, -0.1) is 0 Å². The van der Waals surface area contributed by atoms with Gasteiger partial charge in [0, 0.05) is 0 Å². The first-order chi connectivity index (χ1) is 12.6. The van der Waals surface area contributed by atoms with Gasteiger partial charge >= 0.3 is 11.8 Å². The molecule has 0 amide bonds. The summed E-state index contributed by atoms with van der Waals surface area (Å²) < 4.78 is 6.54. The van der Waals surface area contributed by atoms with E-state index >= 15 is 0 Å². The number of ether oxygens (including phenoxy) is 1. The lowest BCUT2D eigenvalue weighted by Crippen LogP contribution is -2.22. The Balaban J connectivity index is 1.96. The average molecular weight is 351 g/mol. The van der Waals surface area contributed by atoms with Crippen LogP contribution >= 0.6 is 0 Å². The Bertz CT molecular complexity index is 904. The van der Waals surface area contributed by atoms with Crippen LogP contribution in [0.1, 0.15) is 18.5 Å². The Morgan fingerprint density at radius 2 is 1.81 bits per heavy atom. The monoisotopic (exact) mass is 351 g/mol. The number of carbonyl (C=O) groups is 1. The number of nitro groups is 1. The van der Waals surface area contributed by atoms with E-state index in [0.717, 1.165) is 11.1 Å². The zero-order chi connectivity index (χ0) is 18.5. The maximum atomic E-state index is 12.4. The van der Waals surface area contributed by atoms with E-state index in [-0.39, 0.29) is 12.4 Å². The lowest BCUT2D eigenvalue weighted by molar-refractivity contribution is -0.389. The zero-order valence-corrected chi connectivity index (χ0v) is 14.1. The highest BCUT2D eigenvalue weighted by Gasteiger charge is 2.26. The summed E-state index contributed by atoms with van der Waals surface area (Å²) >= 11 is 0. The van der Waals surface area contributed by atoms with Crippen LogP contribution in [0.2, 0.25) is 0 Å². The van der Waals surface area contributed by atoms with Crippen LogP contribution in [0.3, 0.4) is 0 Å². The summed E-state index contributed by atoms with van der Waals surface area (Å²) in [5.41, 5.74) is 2.73. The molecule has 3 rings (SSSR count). The van der Waals surface area contributed by atoms with Crippen molar-refractivity contribution in [3.8, 4) is 11.1 Å². The molecule has 0 spiro atoms. The normalized spacial score (nSPS) is 11.7. The van der Waals surface area contributed by atoms with Crippen molar-refractivity contribution in [2.45, 2.75) is 13.0 Å². The first kappa shape index (κ1) is 17.3. The molecule has 0 aliphatic heterocycles. The third-order valence-electron chi connectivity index (χ3n) is 3.92. The topological polar surface area (TPSA) is 87.3 Å². The number of esters is 1. The zero-order valence-electron chi connectivity index (χ0n) is 14.1. The molecule has 1 atom stereocenters. The molecule has 26 heavy (non-hydrogen) atoms. The SMILES string of the molecule is CCOC(=O)C(c1ccc(-c2ccccc2)cc1)n1cnc([N+](=O)[O-])c1. The molecular formula is C19H17N3O4. The van der Waals surface area contributed by atoms with Crippen LogP contribution in [0.5, 0.6) is 0 Å². The molecule has 7 heteroatoms. The fourth-order valence-electron chi connectivity index (χ4n) is 2.70. The van der Waals surface area contributed by atoms with E-state index in [4.69, 9.17) is 4.74 Å². The molecule has 0 bridgehead atoms. The molecule has 0 fully saturated rings. The largest absolute Gasteiger partial charge is 0.464 e. The summed E-state index contributed by atoms with van der Waals surface area (Å²) in [6.45, 7) is 1.93. The fraction of sp³-hybridized carbons (Fsp3) is 0.158. The van der Waals surface area contributed by atoms with Gasteiger partial charge in [-0.05, 0) is 33.5 Å². The number of imidazole rings is 1. The van der Waals surface area contributed by atoms with Crippen LogP contribution in [-0.2, 0) is 9.53 Å². The predicted molar refractivity (Wildman–Crippen MR) is 95.5 cm³/mol. The molecule has 0 saturated carbocycles. The van der Waals surface area contributed by atoms with Gasteiger partial charge in [0.2, 0.25) is 6.33 Å². The minimum absolute atomic E-state index is 0.216. The van der Waals surface area contributed by atoms with Crippen LogP contribution in [0.4, 0.5) is 5.82 Å². The van der Waals surface area contributed by atoms with Gasteiger partial charge in [-0.25, -0.2) is 4.79 Å². The summed E-state index contributed by atoms with van der Waals surface area (Å²) in [7, 11) is 0. The van der Waals surface area contributed by atoms with E-state index in [0.29, 0.717) is 5.56 Å². The second kappa shape index (κ2) is 7.60. The third-order valence-corrected chi connectivity index (χ3v) is 3.92. The molecule has 1 unspecified atom stereocenters. The summed E-state index contributed by atoms with van der Waals surface area (Å²) in [5, 5.41) is 10.9. The molecule has 0 aliphatic carbocycles. The lowest BCUT2D eigenvalue weighted by atomic mass is 10.0. The summed E-state index contributed by atoms with van der Waals surface area (Å²) in [5.74, 6) is -0.813. The smallest absolute Gasteiger partial charge is 0.381 e. The van der Waals surface area contributed by atoms with Crippen molar-refractivity contribution in [1.29, 1.82) is 0 Å². The fourth-order valence-corrected chi connectivity index (χ4v) is 2.70. The van der Waals surface area contributed by atoms with Crippen molar-refractivity contribution >= 4 is 11.8 Å². The summed E-state index contributed by atoms with van der Waals surface area (Å²) in [6, 6.07) is 16.5. The quantitative estimate of drug-likeness (QED) is 0.385. The standard InChI is InChI=1S/C19H17N3O4/c1-2-26-19(23)18(21-12-17(20-13-21)22(24)25)16-10-8-15(9-11-16)14-6-4-3-5-7-14/h3-13,18H,2H2,1H3. The van der Waals surface area contributed by atoms with Gasteiger partial charge in [0.05, 0.1) is 6.61 Å². The van der Waals surface area contributed by atoms with Gasteiger partial charge in [0.15, 0.2) is 6.04 Å². The molecule has 1 heterocycles. The van der Waals surface area contributed by atoms with Crippen LogP contribution in [-0.4, -0.2) is 27.1 Å². The van der Waals surface area contributed by atoms with Crippen molar-refractivity contribution in [1.82, 2.24) is 9.55 Å². The highest BCUT2D eigenvalue weighted by Crippen LogP contribution is 2.26. The number of nitrogens with zero attached hydrogens (tertiary/aromatic N) is 3. The molecule has 0 radical (unpaired) electrons. The Hall–Kier alpha value is -3.48. The van der Waals surface area contributed by atoms with Gasteiger partial charge in [0.25, 0.3) is 0 Å². The van der Waals surface area contributed by atoms with E-state index in [1.807, 2.05) is 54.6 Å². The Labute approximate surface area is 150 Å².